The fourth-order valence-electron chi connectivity index (χ4n) is 2.57. The van der Waals surface area contributed by atoms with Crippen molar-refractivity contribution in [2.75, 3.05) is 6.54 Å². The number of rotatable bonds is 3. The normalized spacial score (nSPS) is 20.1. The molecular weight excluding hydrogens is 298 g/mol. The van der Waals surface area contributed by atoms with Crippen molar-refractivity contribution in [2.24, 2.45) is 11.1 Å². The van der Waals surface area contributed by atoms with Gasteiger partial charge >= 0.3 is 6.09 Å². The predicted molar refractivity (Wildman–Crippen MR) is 86.5 cm³/mol. The molecule has 3 N–H and O–H groups in total. The van der Waals surface area contributed by atoms with Crippen LogP contribution < -0.4 is 11.1 Å². The van der Waals surface area contributed by atoms with Crippen molar-refractivity contribution < 1.29 is 19.1 Å². The lowest BCUT2D eigenvalue weighted by atomic mass is 9.85. The Morgan fingerprint density at radius 2 is 1.74 bits per heavy atom. The molecule has 1 saturated heterocycles. The molecule has 0 unspecified atom stereocenters. The highest BCUT2D eigenvalue weighted by atomic mass is 16.6. The van der Waals surface area contributed by atoms with Gasteiger partial charge in [-0.05, 0) is 39.0 Å². The average Bonchev–Trinajstić information content (AvgIpc) is 2.80. The Bertz CT molecular complexity index is 477. The van der Waals surface area contributed by atoms with E-state index in [2.05, 4.69) is 5.32 Å². The smallest absolute Gasteiger partial charge is 0.408 e. The summed E-state index contributed by atoms with van der Waals surface area (Å²) in [6.45, 7) is 11.3. The molecule has 2 atom stereocenters. The largest absolute Gasteiger partial charge is 0.444 e. The maximum atomic E-state index is 12.9. The van der Waals surface area contributed by atoms with Gasteiger partial charge in [0.2, 0.25) is 11.8 Å². The van der Waals surface area contributed by atoms with Gasteiger partial charge in [-0.2, -0.15) is 0 Å². The molecule has 3 amide bonds. The second-order valence-electron chi connectivity index (χ2n) is 8.04. The van der Waals surface area contributed by atoms with E-state index in [9.17, 15) is 14.4 Å². The topological polar surface area (TPSA) is 102 Å². The van der Waals surface area contributed by atoms with Crippen LogP contribution in [0.4, 0.5) is 4.79 Å². The number of nitrogens with zero attached hydrogens (tertiary/aromatic N) is 1. The Balaban J connectivity index is 2.92. The SMILES string of the molecule is CC(C)(C)OC(=O)N[C@H](C(=O)N1CCC[C@H]1C(N)=O)C(C)(C)C. The van der Waals surface area contributed by atoms with E-state index in [4.69, 9.17) is 10.5 Å². The first-order valence-corrected chi connectivity index (χ1v) is 7.92. The van der Waals surface area contributed by atoms with Crippen LogP contribution in [0.1, 0.15) is 54.4 Å². The van der Waals surface area contributed by atoms with Gasteiger partial charge in [0.15, 0.2) is 0 Å². The molecule has 0 spiro atoms. The maximum Gasteiger partial charge on any atom is 0.408 e. The van der Waals surface area contributed by atoms with E-state index in [1.165, 1.54) is 4.90 Å². The summed E-state index contributed by atoms with van der Waals surface area (Å²) in [4.78, 5) is 37.9. The van der Waals surface area contributed by atoms with Gasteiger partial charge in [0.05, 0.1) is 0 Å². The zero-order valence-corrected chi connectivity index (χ0v) is 14.9. The number of nitrogens with two attached hydrogens (primary N) is 1. The summed E-state index contributed by atoms with van der Waals surface area (Å²) in [7, 11) is 0. The molecule has 1 heterocycles. The third-order valence-electron chi connectivity index (χ3n) is 3.64. The third kappa shape index (κ3) is 5.41. The van der Waals surface area contributed by atoms with E-state index in [0.29, 0.717) is 13.0 Å². The summed E-state index contributed by atoms with van der Waals surface area (Å²) in [5.74, 6) is -0.814. The number of ether oxygens (including phenoxy) is 1. The van der Waals surface area contributed by atoms with Gasteiger partial charge in [0.1, 0.15) is 17.7 Å². The third-order valence-corrected chi connectivity index (χ3v) is 3.64. The Morgan fingerprint density at radius 1 is 1.17 bits per heavy atom. The van der Waals surface area contributed by atoms with Crippen LogP contribution in [-0.4, -0.2) is 47.0 Å². The summed E-state index contributed by atoms with van der Waals surface area (Å²) in [5.41, 5.74) is 4.19. The van der Waals surface area contributed by atoms with Crippen LogP contribution >= 0.6 is 0 Å². The van der Waals surface area contributed by atoms with E-state index in [1.54, 1.807) is 20.8 Å². The number of amides is 3. The number of likely N-dealkylation sites (tertiary alicyclic amines) is 1. The van der Waals surface area contributed by atoms with E-state index in [0.717, 1.165) is 6.42 Å². The number of nitrogens with one attached hydrogen (secondary N) is 1. The molecule has 7 nitrogen and oxygen atoms in total. The van der Waals surface area contributed by atoms with E-state index in [-0.39, 0.29) is 5.91 Å². The standard InChI is InChI=1S/C16H29N3O4/c1-15(2,3)11(18-14(22)23-16(4,5)6)13(21)19-9-7-8-10(19)12(17)20/h10-11H,7-9H2,1-6H3,(H2,17,20)(H,18,22)/t10-,11+/m0/s1. The molecule has 132 valence electrons. The molecule has 1 rings (SSSR count). The van der Waals surface area contributed by atoms with Crippen molar-refractivity contribution in [1.29, 1.82) is 0 Å². The zero-order valence-electron chi connectivity index (χ0n) is 14.9. The molecule has 0 radical (unpaired) electrons. The van der Waals surface area contributed by atoms with Gasteiger partial charge in [-0.25, -0.2) is 4.79 Å². The van der Waals surface area contributed by atoms with Gasteiger partial charge in [-0.3, -0.25) is 9.59 Å². The lowest BCUT2D eigenvalue weighted by Gasteiger charge is -2.35. The number of hydrogen-bond acceptors (Lipinski definition) is 4. The minimum Gasteiger partial charge on any atom is -0.444 e. The summed E-state index contributed by atoms with van der Waals surface area (Å²) >= 11 is 0. The van der Waals surface area contributed by atoms with E-state index < -0.39 is 35.1 Å². The highest BCUT2D eigenvalue weighted by Crippen LogP contribution is 2.26. The van der Waals surface area contributed by atoms with Gasteiger partial charge in [0, 0.05) is 6.54 Å². The summed E-state index contributed by atoms with van der Waals surface area (Å²) in [5, 5.41) is 2.65. The number of primary amides is 1. The Morgan fingerprint density at radius 3 is 2.17 bits per heavy atom. The molecule has 7 heteroatoms. The molecule has 1 aliphatic rings. The molecule has 1 fully saturated rings. The number of carbonyl (C=O) groups is 3. The number of hydrogen-bond donors (Lipinski definition) is 2. The minimum atomic E-state index is -0.794. The number of alkyl carbamates (subject to hydrolysis) is 1. The van der Waals surface area contributed by atoms with Crippen molar-refractivity contribution in [3.63, 3.8) is 0 Å². The Hall–Kier alpha value is -1.79. The van der Waals surface area contributed by atoms with Crippen LogP contribution in [0.3, 0.4) is 0 Å². The minimum absolute atomic E-state index is 0.301. The predicted octanol–water partition coefficient (Wildman–Crippen LogP) is 1.40. The van der Waals surface area contributed by atoms with E-state index in [1.807, 2.05) is 20.8 Å². The van der Waals surface area contributed by atoms with Crippen molar-refractivity contribution in [3.8, 4) is 0 Å². The molecule has 0 aromatic heterocycles. The van der Waals surface area contributed by atoms with Crippen LogP contribution in [-0.2, 0) is 14.3 Å². The molecule has 0 aliphatic carbocycles. The highest BCUT2D eigenvalue weighted by Gasteiger charge is 2.41. The van der Waals surface area contributed by atoms with Crippen molar-refractivity contribution in [3.05, 3.63) is 0 Å². The lowest BCUT2D eigenvalue weighted by molar-refractivity contribution is -0.141. The Labute approximate surface area is 137 Å². The first-order valence-electron chi connectivity index (χ1n) is 7.92. The average molecular weight is 327 g/mol. The monoisotopic (exact) mass is 327 g/mol. The van der Waals surface area contributed by atoms with Gasteiger partial charge < -0.3 is 20.7 Å². The number of carbonyl (C=O) groups excluding carboxylic acids is 3. The summed E-state index contributed by atoms with van der Waals surface area (Å²) < 4.78 is 5.24. The lowest BCUT2D eigenvalue weighted by Crippen LogP contribution is -2.57. The van der Waals surface area contributed by atoms with Crippen LogP contribution in [0, 0.1) is 5.41 Å². The van der Waals surface area contributed by atoms with Gasteiger partial charge in [-0.15, -0.1) is 0 Å². The van der Waals surface area contributed by atoms with Crippen molar-refractivity contribution in [1.82, 2.24) is 10.2 Å². The van der Waals surface area contributed by atoms with Gasteiger partial charge in [-0.1, -0.05) is 20.8 Å². The van der Waals surface area contributed by atoms with Crippen LogP contribution in [0.2, 0.25) is 0 Å². The van der Waals surface area contributed by atoms with Gasteiger partial charge in [0.25, 0.3) is 0 Å². The first kappa shape index (κ1) is 19.3. The highest BCUT2D eigenvalue weighted by molar-refractivity contribution is 5.91. The first-order chi connectivity index (χ1) is 10.3. The molecule has 0 bridgehead atoms. The molecule has 1 aliphatic heterocycles. The van der Waals surface area contributed by atoms with Crippen LogP contribution in [0.5, 0.6) is 0 Å². The quantitative estimate of drug-likeness (QED) is 0.818. The molecule has 0 aromatic rings. The van der Waals surface area contributed by atoms with E-state index >= 15 is 0 Å². The maximum absolute atomic E-state index is 12.9. The molecule has 23 heavy (non-hydrogen) atoms. The zero-order chi connectivity index (χ0) is 18.0. The van der Waals surface area contributed by atoms with Crippen LogP contribution in [0.25, 0.3) is 0 Å². The fourth-order valence-corrected chi connectivity index (χ4v) is 2.57. The van der Waals surface area contributed by atoms with Crippen LogP contribution in [0.15, 0.2) is 0 Å². The Kier molecular flexibility index (Phi) is 5.66. The summed E-state index contributed by atoms with van der Waals surface area (Å²) in [6.07, 6.45) is 0.633. The van der Waals surface area contributed by atoms with Crippen molar-refractivity contribution in [2.45, 2.75) is 72.1 Å². The molecule has 0 aromatic carbocycles. The second-order valence-corrected chi connectivity index (χ2v) is 8.04. The van der Waals surface area contributed by atoms with Crippen molar-refractivity contribution >= 4 is 17.9 Å². The molecule has 0 saturated carbocycles. The summed E-state index contributed by atoms with van der Waals surface area (Å²) in [6, 6.07) is -1.40. The molecular formula is C16H29N3O4. The fraction of sp³-hybridized carbons (Fsp3) is 0.812. The second kappa shape index (κ2) is 6.76.